The topological polar surface area (TPSA) is 89.5 Å². The highest BCUT2D eigenvalue weighted by Gasteiger charge is 2.58. The molecule has 2 saturated heterocycles. The van der Waals surface area contributed by atoms with Gasteiger partial charge in [0.25, 0.3) is 0 Å². The largest absolute Gasteiger partial charge is 0.464 e. The first kappa shape index (κ1) is 19.1. The quantitative estimate of drug-likeness (QED) is 0.685. The van der Waals surface area contributed by atoms with E-state index in [-0.39, 0.29) is 13.2 Å². The number of esters is 2. The predicted molar refractivity (Wildman–Crippen MR) is 80.9 cm³/mol. The summed E-state index contributed by atoms with van der Waals surface area (Å²) in [4.78, 5) is 24.4. The van der Waals surface area contributed by atoms with Crippen LogP contribution in [0, 0.1) is 0 Å². The molecule has 0 N–H and O–H groups in total. The van der Waals surface area contributed by atoms with Crippen molar-refractivity contribution in [1.29, 1.82) is 0 Å². The van der Waals surface area contributed by atoms with Crippen LogP contribution in [0.5, 0.6) is 0 Å². The fourth-order valence-corrected chi connectivity index (χ4v) is 2.87. The lowest BCUT2D eigenvalue weighted by molar-refractivity contribution is -0.177. The van der Waals surface area contributed by atoms with E-state index in [1.165, 1.54) is 0 Å². The van der Waals surface area contributed by atoms with Crippen molar-refractivity contribution in [2.45, 2.75) is 77.5 Å². The van der Waals surface area contributed by atoms with Crippen molar-refractivity contribution in [3.63, 3.8) is 0 Å². The highest BCUT2D eigenvalue weighted by atomic mass is 16.8. The zero-order valence-corrected chi connectivity index (χ0v) is 15.0. The summed E-state index contributed by atoms with van der Waals surface area (Å²) in [6, 6.07) is 0. The van der Waals surface area contributed by atoms with Crippen LogP contribution in [0.25, 0.3) is 0 Å². The van der Waals surface area contributed by atoms with E-state index in [2.05, 4.69) is 0 Å². The molecule has 24 heavy (non-hydrogen) atoms. The molecule has 0 saturated carbocycles. The van der Waals surface area contributed by atoms with Gasteiger partial charge in [-0.3, -0.25) is 0 Å². The average molecular weight is 346 g/mol. The summed E-state index contributed by atoms with van der Waals surface area (Å²) in [6.07, 6.45) is -3.73. The maximum atomic E-state index is 12.2. The Morgan fingerprint density at radius 1 is 0.750 bits per heavy atom. The van der Waals surface area contributed by atoms with Gasteiger partial charge in [-0.1, -0.05) is 0 Å². The number of carbonyl (C=O) groups excluding carboxylic acids is 2. The molecule has 0 amide bonds. The van der Waals surface area contributed by atoms with Crippen LogP contribution in [0.3, 0.4) is 0 Å². The fourth-order valence-electron chi connectivity index (χ4n) is 2.87. The first-order valence-electron chi connectivity index (χ1n) is 8.14. The summed E-state index contributed by atoms with van der Waals surface area (Å²) >= 11 is 0. The van der Waals surface area contributed by atoms with Crippen LogP contribution in [0.2, 0.25) is 0 Å². The molecule has 0 aromatic heterocycles. The molecule has 0 aromatic carbocycles. The molecular weight excluding hydrogens is 320 g/mol. The van der Waals surface area contributed by atoms with Crippen molar-refractivity contribution in [3.8, 4) is 0 Å². The van der Waals surface area contributed by atoms with E-state index in [9.17, 15) is 9.59 Å². The molecule has 2 aliphatic heterocycles. The van der Waals surface area contributed by atoms with Gasteiger partial charge in [0.2, 0.25) is 0 Å². The fraction of sp³-hybridized carbons (Fsp3) is 0.875. The lowest BCUT2D eigenvalue weighted by Crippen LogP contribution is -2.48. The summed E-state index contributed by atoms with van der Waals surface area (Å²) in [6.45, 7) is 10.5. The van der Waals surface area contributed by atoms with Gasteiger partial charge in [-0.2, -0.15) is 0 Å². The highest BCUT2D eigenvalue weighted by Crippen LogP contribution is 2.39. The smallest absolute Gasteiger partial charge is 0.338 e. The SMILES string of the molecule is CCOC(=O)C1OC(C)(C)OC1C1OC(C)(C)OC1C(=O)OCC. The molecule has 4 atom stereocenters. The molecule has 0 aliphatic carbocycles. The van der Waals surface area contributed by atoms with Crippen LogP contribution in [0.1, 0.15) is 41.5 Å². The van der Waals surface area contributed by atoms with Gasteiger partial charge in [0.05, 0.1) is 13.2 Å². The predicted octanol–water partition coefficient (Wildman–Crippen LogP) is 1.15. The van der Waals surface area contributed by atoms with Crippen molar-refractivity contribution >= 4 is 11.9 Å². The molecule has 0 aromatic rings. The van der Waals surface area contributed by atoms with Crippen molar-refractivity contribution in [1.82, 2.24) is 0 Å². The zero-order chi connectivity index (χ0) is 18.1. The molecule has 2 rings (SSSR count). The molecule has 2 aliphatic rings. The minimum absolute atomic E-state index is 0.209. The third kappa shape index (κ3) is 4.05. The number of carbonyl (C=O) groups is 2. The molecule has 138 valence electrons. The van der Waals surface area contributed by atoms with Crippen LogP contribution in [0.4, 0.5) is 0 Å². The molecule has 0 radical (unpaired) electrons. The Labute approximate surface area is 141 Å². The zero-order valence-electron chi connectivity index (χ0n) is 15.0. The number of ether oxygens (including phenoxy) is 6. The van der Waals surface area contributed by atoms with E-state index in [0.717, 1.165) is 0 Å². The van der Waals surface area contributed by atoms with Crippen LogP contribution in [0.15, 0.2) is 0 Å². The van der Waals surface area contributed by atoms with Gasteiger partial charge < -0.3 is 28.4 Å². The van der Waals surface area contributed by atoms with E-state index < -0.39 is 47.9 Å². The molecular formula is C16H26O8. The third-order valence-corrected chi connectivity index (χ3v) is 3.62. The molecule has 2 fully saturated rings. The van der Waals surface area contributed by atoms with E-state index in [4.69, 9.17) is 28.4 Å². The standard InChI is InChI=1S/C16H26O8/c1-7-19-13(17)11-9(21-15(3,4)23-11)10-12(14(18)20-8-2)24-16(5,6)22-10/h9-12H,7-8H2,1-6H3. The second-order valence-corrected chi connectivity index (χ2v) is 6.55. The van der Waals surface area contributed by atoms with Gasteiger partial charge in [0, 0.05) is 0 Å². The van der Waals surface area contributed by atoms with Crippen molar-refractivity contribution < 1.29 is 38.0 Å². The summed E-state index contributed by atoms with van der Waals surface area (Å²) in [7, 11) is 0. The Bertz CT molecular complexity index is 442. The Balaban J connectivity index is 2.26. The molecule has 2 heterocycles. The van der Waals surface area contributed by atoms with Gasteiger partial charge >= 0.3 is 11.9 Å². The Morgan fingerprint density at radius 2 is 1.08 bits per heavy atom. The van der Waals surface area contributed by atoms with Crippen LogP contribution >= 0.6 is 0 Å². The summed E-state index contributed by atoms with van der Waals surface area (Å²) < 4.78 is 33.1. The summed E-state index contributed by atoms with van der Waals surface area (Å²) in [5.74, 6) is -3.16. The first-order valence-corrected chi connectivity index (χ1v) is 8.14. The summed E-state index contributed by atoms with van der Waals surface area (Å²) in [5, 5.41) is 0. The van der Waals surface area contributed by atoms with Crippen molar-refractivity contribution in [2.75, 3.05) is 13.2 Å². The van der Waals surface area contributed by atoms with Gasteiger partial charge in [0.15, 0.2) is 23.8 Å². The number of rotatable bonds is 5. The molecule has 8 nitrogen and oxygen atoms in total. The van der Waals surface area contributed by atoms with E-state index in [1.54, 1.807) is 41.5 Å². The Kier molecular flexibility index (Phi) is 5.54. The maximum Gasteiger partial charge on any atom is 0.338 e. The van der Waals surface area contributed by atoms with Crippen molar-refractivity contribution in [3.05, 3.63) is 0 Å². The maximum absolute atomic E-state index is 12.2. The Morgan fingerprint density at radius 3 is 1.38 bits per heavy atom. The van der Waals surface area contributed by atoms with Gasteiger partial charge in [-0.25, -0.2) is 9.59 Å². The van der Waals surface area contributed by atoms with Crippen LogP contribution < -0.4 is 0 Å². The second kappa shape index (κ2) is 6.95. The van der Waals surface area contributed by atoms with Crippen molar-refractivity contribution in [2.24, 2.45) is 0 Å². The van der Waals surface area contributed by atoms with Crippen LogP contribution in [-0.4, -0.2) is 61.1 Å². The minimum atomic E-state index is -1.02. The molecule has 0 bridgehead atoms. The van der Waals surface area contributed by atoms with Crippen LogP contribution in [-0.2, 0) is 38.0 Å². The van der Waals surface area contributed by atoms with E-state index in [1.807, 2.05) is 0 Å². The highest BCUT2D eigenvalue weighted by molar-refractivity contribution is 5.78. The lowest BCUT2D eigenvalue weighted by Gasteiger charge is -2.24. The average Bonchev–Trinajstić information content (AvgIpc) is 2.95. The Hall–Kier alpha value is -1.22. The van der Waals surface area contributed by atoms with Gasteiger partial charge in [-0.15, -0.1) is 0 Å². The second-order valence-electron chi connectivity index (χ2n) is 6.55. The van der Waals surface area contributed by atoms with Gasteiger partial charge in [-0.05, 0) is 41.5 Å². The normalized spacial score (nSPS) is 34.1. The third-order valence-electron chi connectivity index (χ3n) is 3.62. The van der Waals surface area contributed by atoms with E-state index >= 15 is 0 Å². The monoisotopic (exact) mass is 346 g/mol. The van der Waals surface area contributed by atoms with Gasteiger partial charge in [0.1, 0.15) is 12.2 Å². The molecule has 4 unspecified atom stereocenters. The number of hydrogen-bond acceptors (Lipinski definition) is 8. The molecule has 0 spiro atoms. The first-order chi connectivity index (χ1) is 11.1. The van der Waals surface area contributed by atoms with E-state index in [0.29, 0.717) is 0 Å². The number of hydrogen-bond donors (Lipinski definition) is 0. The lowest BCUT2D eigenvalue weighted by atomic mass is 10.0. The minimum Gasteiger partial charge on any atom is -0.464 e. The molecule has 8 heteroatoms. The summed E-state index contributed by atoms with van der Waals surface area (Å²) in [5.41, 5.74) is 0.